The fourth-order valence-electron chi connectivity index (χ4n) is 1.53. The number of anilines is 2. The number of hydrogen-bond donors (Lipinski definition) is 3. The van der Waals surface area contributed by atoms with E-state index >= 15 is 0 Å². The fourth-order valence-corrected chi connectivity index (χ4v) is 1.53. The molecule has 8 heteroatoms. The lowest BCUT2D eigenvalue weighted by Gasteiger charge is -2.14. The Morgan fingerprint density at radius 1 is 1.39 bits per heavy atom. The maximum atomic E-state index is 12.5. The van der Waals surface area contributed by atoms with Gasteiger partial charge >= 0.3 is 6.18 Å². The molecule has 0 bridgehead atoms. The van der Waals surface area contributed by atoms with E-state index in [-0.39, 0.29) is 23.7 Å². The lowest BCUT2D eigenvalue weighted by Crippen LogP contribution is -2.21. The highest BCUT2D eigenvalue weighted by atomic mass is 19.4. The zero-order valence-corrected chi connectivity index (χ0v) is 9.46. The molecule has 0 saturated heterocycles. The molecule has 1 aromatic rings. The van der Waals surface area contributed by atoms with E-state index in [9.17, 15) is 13.2 Å². The zero-order chi connectivity index (χ0) is 13.4. The van der Waals surface area contributed by atoms with Gasteiger partial charge in [-0.25, -0.2) is 9.97 Å². The number of nitrogens with two attached hydrogens (primary N) is 1. The number of nitrogens with zero attached hydrogens (tertiary/aromatic N) is 2. The standard InChI is InChI=1S/C10H13F3N4O/c11-10(12,13)8-16-6(14)3-7(17-8)15-4-9(5-18)1-2-9/h3,18H,1-2,4-5H2,(H3,14,15,16,17). The lowest BCUT2D eigenvalue weighted by atomic mass is 10.1. The molecule has 2 rings (SSSR count). The summed E-state index contributed by atoms with van der Waals surface area (Å²) in [6.07, 6.45) is -2.92. The van der Waals surface area contributed by atoms with Gasteiger partial charge in [-0.1, -0.05) is 0 Å². The highest BCUT2D eigenvalue weighted by Gasteiger charge is 2.42. The first-order valence-corrected chi connectivity index (χ1v) is 5.41. The summed E-state index contributed by atoms with van der Waals surface area (Å²) in [4.78, 5) is 6.50. The van der Waals surface area contributed by atoms with Crippen LogP contribution < -0.4 is 11.1 Å². The molecule has 0 unspecified atom stereocenters. The Balaban J connectivity index is 2.11. The van der Waals surface area contributed by atoms with Gasteiger partial charge in [-0.3, -0.25) is 0 Å². The number of hydrogen-bond acceptors (Lipinski definition) is 5. The molecule has 1 fully saturated rings. The molecule has 1 saturated carbocycles. The summed E-state index contributed by atoms with van der Waals surface area (Å²) in [7, 11) is 0. The molecule has 18 heavy (non-hydrogen) atoms. The second-order valence-electron chi connectivity index (χ2n) is 4.51. The summed E-state index contributed by atoms with van der Waals surface area (Å²) < 4.78 is 37.4. The third-order valence-electron chi connectivity index (χ3n) is 2.94. The Bertz CT molecular complexity index is 445. The van der Waals surface area contributed by atoms with Crippen molar-refractivity contribution in [2.45, 2.75) is 19.0 Å². The molecule has 1 aromatic heterocycles. The van der Waals surface area contributed by atoms with Gasteiger partial charge in [0, 0.05) is 18.0 Å². The normalized spacial score (nSPS) is 17.6. The third-order valence-corrected chi connectivity index (χ3v) is 2.94. The van der Waals surface area contributed by atoms with E-state index in [0.29, 0.717) is 6.54 Å². The molecule has 0 amide bonds. The van der Waals surface area contributed by atoms with Crippen LogP contribution in [0.25, 0.3) is 0 Å². The van der Waals surface area contributed by atoms with Crippen molar-refractivity contribution >= 4 is 11.6 Å². The minimum atomic E-state index is -4.62. The van der Waals surface area contributed by atoms with Gasteiger partial charge in [0.15, 0.2) is 0 Å². The van der Waals surface area contributed by atoms with Gasteiger partial charge < -0.3 is 16.2 Å². The minimum Gasteiger partial charge on any atom is -0.396 e. The van der Waals surface area contributed by atoms with Gasteiger partial charge in [-0.2, -0.15) is 13.2 Å². The van der Waals surface area contributed by atoms with Gasteiger partial charge in [0.1, 0.15) is 11.6 Å². The average molecular weight is 262 g/mol. The second kappa shape index (κ2) is 4.27. The molecule has 5 nitrogen and oxygen atoms in total. The summed E-state index contributed by atoms with van der Waals surface area (Å²) in [6.45, 7) is 0.379. The van der Waals surface area contributed by atoms with E-state index in [1.807, 2.05) is 0 Å². The van der Waals surface area contributed by atoms with Crippen molar-refractivity contribution in [1.29, 1.82) is 0 Å². The predicted octanol–water partition coefficient (Wildman–Crippen LogP) is 1.26. The first-order valence-electron chi connectivity index (χ1n) is 5.41. The number of nitrogens with one attached hydrogen (secondary N) is 1. The number of rotatable bonds is 4. The first-order chi connectivity index (χ1) is 8.35. The van der Waals surface area contributed by atoms with Gasteiger partial charge in [0.25, 0.3) is 0 Å². The van der Waals surface area contributed by atoms with Crippen molar-refractivity contribution in [3.8, 4) is 0 Å². The van der Waals surface area contributed by atoms with Gasteiger partial charge in [-0.15, -0.1) is 0 Å². The van der Waals surface area contributed by atoms with Crippen molar-refractivity contribution in [3.05, 3.63) is 11.9 Å². The number of aliphatic hydroxyl groups excluding tert-OH is 1. The van der Waals surface area contributed by atoms with Crippen molar-refractivity contribution < 1.29 is 18.3 Å². The van der Waals surface area contributed by atoms with Crippen molar-refractivity contribution in [2.24, 2.45) is 5.41 Å². The molecule has 0 aliphatic heterocycles. The van der Waals surface area contributed by atoms with Crippen LogP contribution in [0, 0.1) is 5.41 Å². The van der Waals surface area contributed by atoms with E-state index in [1.54, 1.807) is 0 Å². The number of aromatic nitrogens is 2. The van der Waals surface area contributed by atoms with Crippen LogP contribution >= 0.6 is 0 Å². The number of aliphatic hydroxyl groups is 1. The van der Waals surface area contributed by atoms with Gasteiger partial charge in [-0.05, 0) is 12.8 Å². The van der Waals surface area contributed by atoms with E-state index in [4.69, 9.17) is 10.8 Å². The van der Waals surface area contributed by atoms with Crippen molar-refractivity contribution in [2.75, 3.05) is 24.2 Å². The molecular weight excluding hydrogens is 249 g/mol. The maximum absolute atomic E-state index is 12.5. The summed E-state index contributed by atoms with van der Waals surface area (Å²) in [5, 5.41) is 11.9. The predicted molar refractivity (Wildman–Crippen MR) is 58.7 cm³/mol. The smallest absolute Gasteiger partial charge is 0.396 e. The van der Waals surface area contributed by atoms with Gasteiger partial charge in [0.2, 0.25) is 5.82 Å². The van der Waals surface area contributed by atoms with Crippen LogP contribution in [0.4, 0.5) is 24.8 Å². The molecule has 0 radical (unpaired) electrons. The Kier molecular flexibility index (Phi) is 3.05. The highest BCUT2D eigenvalue weighted by Crippen LogP contribution is 2.44. The largest absolute Gasteiger partial charge is 0.451 e. The van der Waals surface area contributed by atoms with Crippen molar-refractivity contribution in [1.82, 2.24) is 9.97 Å². The van der Waals surface area contributed by atoms with Crippen molar-refractivity contribution in [3.63, 3.8) is 0 Å². The molecule has 1 aliphatic carbocycles. The monoisotopic (exact) mass is 262 g/mol. The molecule has 100 valence electrons. The summed E-state index contributed by atoms with van der Waals surface area (Å²) in [5.74, 6) is -1.48. The SMILES string of the molecule is Nc1cc(NCC2(CO)CC2)nc(C(F)(F)F)n1. The van der Waals surface area contributed by atoms with E-state index in [2.05, 4.69) is 15.3 Å². The van der Waals surface area contributed by atoms with Crippen LogP contribution in [0.1, 0.15) is 18.7 Å². The first kappa shape index (κ1) is 12.9. The average Bonchev–Trinajstić information content (AvgIpc) is 3.05. The lowest BCUT2D eigenvalue weighted by molar-refractivity contribution is -0.144. The van der Waals surface area contributed by atoms with Crippen LogP contribution in [0.2, 0.25) is 0 Å². The Hall–Kier alpha value is -1.57. The van der Waals surface area contributed by atoms with E-state index < -0.39 is 12.0 Å². The van der Waals surface area contributed by atoms with Crippen LogP contribution in [-0.2, 0) is 6.18 Å². The topological polar surface area (TPSA) is 84.1 Å². The van der Waals surface area contributed by atoms with E-state index in [1.165, 1.54) is 6.07 Å². The summed E-state index contributed by atoms with van der Waals surface area (Å²) in [5.41, 5.74) is 5.08. The van der Waals surface area contributed by atoms with Gasteiger partial charge in [0.05, 0.1) is 6.61 Å². The molecule has 0 aromatic carbocycles. The quantitative estimate of drug-likeness (QED) is 0.760. The van der Waals surface area contributed by atoms with E-state index in [0.717, 1.165) is 12.8 Å². The third kappa shape index (κ3) is 2.81. The number of halogens is 3. The number of alkyl halides is 3. The Morgan fingerprint density at radius 2 is 2.06 bits per heavy atom. The maximum Gasteiger partial charge on any atom is 0.451 e. The van der Waals surface area contributed by atoms with Crippen LogP contribution in [-0.4, -0.2) is 28.2 Å². The number of nitrogen functional groups attached to an aromatic ring is 1. The fraction of sp³-hybridized carbons (Fsp3) is 0.600. The van der Waals surface area contributed by atoms with Crippen LogP contribution in [0.15, 0.2) is 6.07 Å². The minimum absolute atomic E-state index is 0.00664. The zero-order valence-electron chi connectivity index (χ0n) is 9.46. The second-order valence-corrected chi connectivity index (χ2v) is 4.51. The molecule has 0 spiro atoms. The molecular formula is C10H13F3N4O. The molecule has 0 atom stereocenters. The molecule has 1 heterocycles. The van der Waals surface area contributed by atoms with Crippen LogP contribution in [0.5, 0.6) is 0 Å². The summed E-state index contributed by atoms with van der Waals surface area (Å²) in [6, 6.07) is 1.24. The molecule has 4 N–H and O–H groups in total. The Morgan fingerprint density at radius 3 is 2.56 bits per heavy atom. The summed E-state index contributed by atoms with van der Waals surface area (Å²) >= 11 is 0. The highest BCUT2D eigenvalue weighted by molar-refractivity contribution is 5.45. The Labute approximate surface area is 101 Å². The van der Waals surface area contributed by atoms with Crippen LogP contribution in [0.3, 0.4) is 0 Å². The molecule has 1 aliphatic rings.